The summed E-state index contributed by atoms with van der Waals surface area (Å²) in [6.07, 6.45) is 0. The molecule has 3 aromatic carbocycles. The van der Waals surface area contributed by atoms with Gasteiger partial charge in [0, 0.05) is 33.2 Å². The van der Waals surface area contributed by atoms with Crippen LogP contribution in [0.2, 0.25) is 0 Å². The number of aromatic carboxylic acids is 1. The molecule has 29 heavy (non-hydrogen) atoms. The van der Waals surface area contributed by atoms with Gasteiger partial charge in [0.2, 0.25) is 0 Å². The average molecular weight is 450 g/mol. The van der Waals surface area contributed by atoms with Gasteiger partial charge in [0.25, 0.3) is 0 Å². The SMILES string of the molecule is COc1ccc2c(c1)c(-c1cccc(C(=O)O)c1)c(C)n2Cc1ccc(Br)cc1. The van der Waals surface area contributed by atoms with Crippen molar-refractivity contribution in [1.82, 2.24) is 4.57 Å². The fraction of sp³-hybridized carbons (Fsp3) is 0.125. The van der Waals surface area contributed by atoms with E-state index in [-0.39, 0.29) is 5.56 Å². The lowest BCUT2D eigenvalue weighted by atomic mass is 10.00. The Morgan fingerprint density at radius 3 is 2.52 bits per heavy atom. The predicted molar refractivity (Wildman–Crippen MR) is 119 cm³/mol. The molecule has 0 saturated carbocycles. The van der Waals surface area contributed by atoms with Gasteiger partial charge in [0.1, 0.15) is 5.75 Å². The maximum atomic E-state index is 11.5. The van der Waals surface area contributed by atoms with E-state index in [2.05, 4.69) is 45.6 Å². The van der Waals surface area contributed by atoms with Crippen LogP contribution in [0.5, 0.6) is 5.75 Å². The summed E-state index contributed by atoms with van der Waals surface area (Å²) >= 11 is 3.49. The highest BCUT2D eigenvalue weighted by atomic mass is 79.9. The van der Waals surface area contributed by atoms with Crippen LogP contribution in [-0.2, 0) is 6.54 Å². The highest BCUT2D eigenvalue weighted by Gasteiger charge is 2.18. The van der Waals surface area contributed by atoms with Crippen LogP contribution in [0.25, 0.3) is 22.0 Å². The van der Waals surface area contributed by atoms with Crippen LogP contribution < -0.4 is 4.74 Å². The first-order valence-electron chi connectivity index (χ1n) is 9.23. The van der Waals surface area contributed by atoms with Crippen molar-refractivity contribution in [2.75, 3.05) is 7.11 Å². The molecule has 5 heteroatoms. The number of carboxylic acids is 1. The van der Waals surface area contributed by atoms with Crippen LogP contribution in [0.3, 0.4) is 0 Å². The quantitative estimate of drug-likeness (QED) is 0.398. The number of carbonyl (C=O) groups is 1. The largest absolute Gasteiger partial charge is 0.497 e. The summed E-state index contributed by atoms with van der Waals surface area (Å²) in [5.41, 5.74) is 5.54. The van der Waals surface area contributed by atoms with Gasteiger partial charge in [-0.1, -0.05) is 40.2 Å². The summed E-state index contributed by atoms with van der Waals surface area (Å²) in [4.78, 5) is 11.5. The number of methoxy groups -OCH3 is 1. The van der Waals surface area contributed by atoms with E-state index in [1.54, 1.807) is 25.3 Å². The average Bonchev–Trinajstić information content (AvgIpc) is 3.00. The van der Waals surface area contributed by atoms with Gasteiger partial charge >= 0.3 is 5.97 Å². The first kappa shape index (κ1) is 19.3. The molecule has 0 amide bonds. The van der Waals surface area contributed by atoms with E-state index in [0.29, 0.717) is 0 Å². The number of hydrogen-bond acceptors (Lipinski definition) is 2. The molecule has 0 fully saturated rings. The van der Waals surface area contributed by atoms with Crippen LogP contribution in [0.4, 0.5) is 0 Å². The molecule has 0 bridgehead atoms. The van der Waals surface area contributed by atoms with E-state index in [9.17, 15) is 9.90 Å². The van der Waals surface area contributed by atoms with Gasteiger partial charge < -0.3 is 14.4 Å². The standard InChI is InChI=1S/C24H20BrNO3/c1-15-23(17-4-3-5-18(12-17)24(27)28)21-13-20(29-2)10-11-22(21)26(15)14-16-6-8-19(25)9-7-16/h3-13H,14H2,1-2H3,(H,27,28). The highest BCUT2D eigenvalue weighted by Crippen LogP contribution is 2.37. The van der Waals surface area contributed by atoms with Crippen molar-refractivity contribution in [3.8, 4) is 16.9 Å². The van der Waals surface area contributed by atoms with Crippen LogP contribution in [-0.4, -0.2) is 22.8 Å². The van der Waals surface area contributed by atoms with E-state index >= 15 is 0 Å². The third-order valence-electron chi connectivity index (χ3n) is 5.18. The Labute approximate surface area is 177 Å². The first-order chi connectivity index (χ1) is 14.0. The molecular weight excluding hydrogens is 430 g/mol. The molecule has 0 unspecified atom stereocenters. The molecule has 0 radical (unpaired) electrons. The van der Waals surface area contributed by atoms with E-state index in [0.717, 1.165) is 44.5 Å². The number of ether oxygens (including phenoxy) is 1. The van der Waals surface area contributed by atoms with E-state index in [4.69, 9.17) is 4.74 Å². The van der Waals surface area contributed by atoms with Gasteiger partial charge in [-0.3, -0.25) is 0 Å². The molecule has 1 N–H and O–H groups in total. The number of hydrogen-bond donors (Lipinski definition) is 1. The van der Waals surface area contributed by atoms with Crippen molar-refractivity contribution in [3.05, 3.63) is 88.0 Å². The van der Waals surface area contributed by atoms with Gasteiger partial charge in [0.05, 0.1) is 12.7 Å². The zero-order chi connectivity index (χ0) is 20.5. The molecule has 0 aliphatic carbocycles. The van der Waals surface area contributed by atoms with Gasteiger partial charge in [-0.05, 0) is 60.5 Å². The summed E-state index contributed by atoms with van der Waals surface area (Å²) < 4.78 is 8.76. The van der Waals surface area contributed by atoms with Crippen LogP contribution in [0.1, 0.15) is 21.6 Å². The Morgan fingerprint density at radius 1 is 1.07 bits per heavy atom. The van der Waals surface area contributed by atoms with E-state index < -0.39 is 5.97 Å². The second-order valence-electron chi connectivity index (χ2n) is 6.94. The summed E-state index contributed by atoms with van der Waals surface area (Å²) in [6, 6.07) is 21.4. The summed E-state index contributed by atoms with van der Waals surface area (Å²) in [5, 5.41) is 10.5. The Morgan fingerprint density at radius 2 is 1.83 bits per heavy atom. The van der Waals surface area contributed by atoms with Crippen molar-refractivity contribution >= 4 is 32.8 Å². The van der Waals surface area contributed by atoms with Gasteiger partial charge in [-0.15, -0.1) is 0 Å². The lowest BCUT2D eigenvalue weighted by molar-refractivity contribution is 0.0697. The highest BCUT2D eigenvalue weighted by molar-refractivity contribution is 9.10. The molecule has 0 aliphatic heterocycles. The molecule has 0 atom stereocenters. The normalized spacial score (nSPS) is 11.0. The third-order valence-corrected chi connectivity index (χ3v) is 5.71. The number of benzene rings is 3. The Balaban J connectivity index is 1.93. The molecule has 4 nitrogen and oxygen atoms in total. The van der Waals surface area contributed by atoms with Crippen molar-refractivity contribution in [2.45, 2.75) is 13.5 Å². The lowest BCUT2D eigenvalue weighted by Gasteiger charge is -2.10. The maximum absolute atomic E-state index is 11.5. The maximum Gasteiger partial charge on any atom is 0.335 e. The van der Waals surface area contributed by atoms with Crippen molar-refractivity contribution < 1.29 is 14.6 Å². The minimum Gasteiger partial charge on any atom is -0.497 e. The van der Waals surface area contributed by atoms with Crippen molar-refractivity contribution in [2.24, 2.45) is 0 Å². The van der Waals surface area contributed by atoms with Crippen molar-refractivity contribution in [1.29, 1.82) is 0 Å². The fourth-order valence-corrected chi connectivity index (χ4v) is 4.00. The minimum absolute atomic E-state index is 0.276. The number of carboxylic acid groups (broad SMARTS) is 1. The molecule has 4 aromatic rings. The van der Waals surface area contributed by atoms with Gasteiger partial charge in [-0.2, -0.15) is 0 Å². The monoisotopic (exact) mass is 449 g/mol. The summed E-state index contributed by atoms with van der Waals surface area (Å²) in [6.45, 7) is 2.80. The van der Waals surface area contributed by atoms with Gasteiger partial charge in [0.15, 0.2) is 0 Å². The molecule has 0 aliphatic rings. The number of fused-ring (bicyclic) bond motifs is 1. The summed E-state index contributed by atoms with van der Waals surface area (Å²) in [5.74, 6) is -0.158. The molecule has 0 saturated heterocycles. The Bertz CT molecular complexity index is 1210. The number of nitrogens with zero attached hydrogens (tertiary/aromatic N) is 1. The fourth-order valence-electron chi connectivity index (χ4n) is 3.74. The lowest BCUT2D eigenvalue weighted by Crippen LogP contribution is -2.02. The van der Waals surface area contributed by atoms with Crippen LogP contribution >= 0.6 is 15.9 Å². The minimum atomic E-state index is -0.930. The smallest absolute Gasteiger partial charge is 0.335 e. The Kier molecular flexibility index (Phi) is 5.16. The second kappa shape index (κ2) is 7.76. The second-order valence-corrected chi connectivity index (χ2v) is 7.86. The number of halogens is 1. The van der Waals surface area contributed by atoms with Crippen LogP contribution in [0.15, 0.2) is 71.2 Å². The van der Waals surface area contributed by atoms with Crippen molar-refractivity contribution in [3.63, 3.8) is 0 Å². The third kappa shape index (κ3) is 3.66. The molecule has 146 valence electrons. The van der Waals surface area contributed by atoms with E-state index in [1.807, 2.05) is 30.3 Å². The zero-order valence-corrected chi connectivity index (χ0v) is 17.7. The number of rotatable bonds is 5. The molecule has 1 heterocycles. The number of aromatic nitrogens is 1. The molecule has 0 spiro atoms. The van der Waals surface area contributed by atoms with E-state index in [1.165, 1.54) is 5.56 Å². The summed E-state index contributed by atoms with van der Waals surface area (Å²) in [7, 11) is 1.65. The van der Waals surface area contributed by atoms with Gasteiger partial charge in [-0.25, -0.2) is 4.79 Å². The first-order valence-corrected chi connectivity index (χ1v) is 10.0. The topological polar surface area (TPSA) is 51.5 Å². The zero-order valence-electron chi connectivity index (χ0n) is 16.1. The predicted octanol–water partition coefficient (Wildman–Crippen LogP) is 6.13. The molecular formula is C24H20BrNO3. The Hall–Kier alpha value is -3.05. The molecule has 4 rings (SSSR count). The van der Waals surface area contributed by atoms with Crippen LogP contribution in [0, 0.1) is 6.92 Å². The molecule has 1 aromatic heterocycles.